The van der Waals surface area contributed by atoms with E-state index in [-0.39, 0.29) is 5.83 Å². The molecule has 0 aromatic carbocycles. The Kier molecular flexibility index (Phi) is 2.28. The Morgan fingerprint density at radius 1 is 1.55 bits per heavy atom. The van der Waals surface area contributed by atoms with Gasteiger partial charge in [-0.3, -0.25) is 0 Å². The van der Waals surface area contributed by atoms with Crippen LogP contribution < -0.4 is 0 Å². The molecule has 0 unspecified atom stereocenters. The highest BCUT2D eigenvalue weighted by Crippen LogP contribution is 2.36. The molecule has 1 aliphatic carbocycles. The van der Waals surface area contributed by atoms with Crippen LogP contribution in [0.1, 0.15) is 26.7 Å². The highest BCUT2D eigenvalue weighted by molar-refractivity contribution is 5.51. The first-order chi connectivity index (χ1) is 5.16. The first kappa shape index (κ1) is 8.25. The summed E-state index contributed by atoms with van der Waals surface area (Å²) >= 11 is 0. The third-order valence-corrected chi connectivity index (χ3v) is 2.09. The van der Waals surface area contributed by atoms with Crippen LogP contribution in [0.4, 0.5) is 4.39 Å². The average Bonchev–Trinajstić information content (AvgIpc) is 2.30. The van der Waals surface area contributed by atoms with Crippen molar-refractivity contribution in [1.82, 2.24) is 0 Å². The summed E-state index contributed by atoms with van der Waals surface area (Å²) in [6.45, 7) is 7.31. The highest BCUT2D eigenvalue weighted by atomic mass is 19.1. The van der Waals surface area contributed by atoms with Crippen LogP contribution in [-0.4, -0.2) is 0 Å². The maximum absolute atomic E-state index is 12.8. The Bertz CT molecular complexity index is 240. The fourth-order valence-corrected chi connectivity index (χ4v) is 1.49. The first-order valence-corrected chi connectivity index (χ1v) is 3.87. The summed E-state index contributed by atoms with van der Waals surface area (Å²) in [7, 11) is 0. The Morgan fingerprint density at radius 2 is 2.18 bits per heavy atom. The minimum absolute atomic E-state index is 0.0586. The second-order valence-electron chi connectivity index (χ2n) is 2.82. The number of hydrogen-bond acceptors (Lipinski definition) is 0. The molecule has 1 fully saturated rings. The molecule has 11 heavy (non-hydrogen) atoms. The minimum Gasteiger partial charge on any atom is -0.212 e. The summed E-state index contributed by atoms with van der Waals surface area (Å²) in [6, 6.07) is 0. The summed E-state index contributed by atoms with van der Waals surface area (Å²) in [5, 5.41) is 0. The standard InChI is InChI=1S/C10H13F/c1-4-9-7(2)5-6-10(9)8(3)11/h4H,2,5-6H2,1,3H3. The summed E-state index contributed by atoms with van der Waals surface area (Å²) in [5.74, 6) is -0.0586. The zero-order valence-corrected chi connectivity index (χ0v) is 7.08. The van der Waals surface area contributed by atoms with Gasteiger partial charge in [-0.15, -0.1) is 0 Å². The molecule has 0 amide bonds. The molecule has 0 aromatic rings. The van der Waals surface area contributed by atoms with E-state index in [1.807, 2.05) is 13.0 Å². The van der Waals surface area contributed by atoms with Crippen molar-refractivity contribution < 1.29 is 4.39 Å². The molecule has 0 nitrogen and oxygen atoms in total. The van der Waals surface area contributed by atoms with Gasteiger partial charge in [0.15, 0.2) is 0 Å². The van der Waals surface area contributed by atoms with Crippen molar-refractivity contribution in [3.8, 4) is 0 Å². The maximum atomic E-state index is 12.8. The molecule has 60 valence electrons. The summed E-state index contributed by atoms with van der Waals surface area (Å²) < 4.78 is 12.8. The summed E-state index contributed by atoms with van der Waals surface area (Å²) in [6.07, 6.45) is 3.67. The van der Waals surface area contributed by atoms with Crippen LogP contribution in [0.3, 0.4) is 0 Å². The van der Waals surface area contributed by atoms with Crippen molar-refractivity contribution in [2.24, 2.45) is 0 Å². The topological polar surface area (TPSA) is 0 Å². The van der Waals surface area contributed by atoms with E-state index in [9.17, 15) is 4.39 Å². The molecule has 1 rings (SSSR count). The zero-order valence-electron chi connectivity index (χ0n) is 7.08. The lowest BCUT2D eigenvalue weighted by Gasteiger charge is -1.99. The largest absolute Gasteiger partial charge is 0.212 e. The number of rotatable bonds is 0. The van der Waals surface area contributed by atoms with Crippen molar-refractivity contribution in [2.75, 3.05) is 0 Å². The predicted molar refractivity (Wildman–Crippen MR) is 45.9 cm³/mol. The van der Waals surface area contributed by atoms with Crippen molar-refractivity contribution >= 4 is 0 Å². The van der Waals surface area contributed by atoms with E-state index in [1.165, 1.54) is 6.92 Å². The molecule has 1 saturated carbocycles. The van der Waals surface area contributed by atoms with Gasteiger partial charge in [-0.05, 0) is 43.4 Å². The molecule has 0 saturated heterocycles. The number of hydrogen-bond donors (Lipinski definition) is 0. The van der Waals surface area contributed by atoms with Gasteiger partial charge in [0.2, 0.25) is 0 Å². The van der Waals surface area contributed by atoms with Gasteiger partial charge >= 0.3 is 0 Å². The fraction of sp³-hybridized carbons (Fsp3) is 0.400. The van der Waals surface area contributed by atoms with Crippen LogP contribution in [0.5, 0.6) is 0 Å². The van der Waals surface area contributed by atoms with Crippen LogP contribution in [0, 0.1) is 0 Å². The predicted octanol–water partition coefficient (Wildman–Crippen LogP) is 3.53. The summed E-state index contributed by atoms with van der Waals surface area (Å²) in [5.41, 5.74) is 2.93. The van der Waals surface area contributed by atoms with Gasteiger partial charge < -0.3 is 0 Å². The fourth-order valence-electron chi connectivity index (χ4n) is 1.49. The summed E-state index contributed by atoms with van der Waals surface area (Å²) in [4.78, 5) is 0. The Labute approximate surface area is 67.1 Å². The molecule has 0 aromatic heterocycles. The van der Waals surface area contributed by atoms with Crippen LogP contribution in [0.2, 0.25) is 0 Å². The monoisotopic (exact) mass is 152 g/mol. The third kappa shape index (κ3) is 1.42. The average molecular weight is 152 g/mol. The lowest BCUT2D eigenvalue weighted by molar-refractivity contribution is 0.626. The lowest BCUT2D eigenvalue weighted by atomic mass is 10.1. The van der Waals surface area contributed by atoms with Crippen molar-refractivity contribution in [2.45, 2.75) is 26.7 Å². The first-order valence-electron chi connectivity index (χ1n) is 3.87. The second kappa shape index (κ2) is 3.04. The molecule has 1 heteroatoms. The van der Waals surface area contributed by atoms with Crippen molar-refractivity contribution in [3.63, 3.8) is 0 Å². The van der Waals surface area contributed by atoms with Gasteiger partial charge in [-0.25, -0.2) is 4.39 Å². The highest BCUT2D eigenvalue weighted by Gasteiger charge is 2.18. The normalized spacial score (nSPS) is 26.5. The molecular formula is C10H13F. The zero-order chi connectivity index (χ0) is 8.43. The van der Waals surface area contributed by atoms with Crippen molar-refractivity contribution in [1.29, 1.82) is 0 Å². The molecule has 0 bridgehead atoms. The number of halogens is 1. The van der Waals surface area contributed by atoms with E-state index in [4.69, 9.17) is 0 Å². The molecule has 0 radical (unpaired) electrons. The molecule has 0 heterocycles. The molecule has 1 aliphatic rings. The van der Waals surface area contributed by atoms with E-state index < -0.39 is 0 Å². The lowest BCUT2D eigenvalue weighted by Crippen LogP contribution is -1.81. The maximum Gasteiger partial charge on any atom is 0.101 e. The van der Waals surface area contributed by atoms with Gasteiger partial charge in [0.05, 0.1) is 0 Å². The van der Waals surface area contributed by atoms with Gasteiger partial charge in [0, 0.05) is 0 Å². The molecular weight excluding hydrogens is 139 g/mol. The quantitative estimate of drug-likeness (QED) is 0.498. The Balaban J connectivity index is 3.06. The van der Waals surface area contributed by atoms with Crippen molar-refractivity contribution in [3.05, 3.63) is 35.2 Å². The second-order valence-corrected chi connectivity index (χ2v) is 2.82. The minimum atomic E-state index is -0.0586. The van der Waals surface area contributed by atoms with E-state index in [0.717, 1.165) is 29.6 Å². The van der Waals surface area contributed by atoms with Crippen LogP contribution in [0.15, 0.2) is 35.2 Å². The SMILES string of the molecule is C=C1CCC(=C(C)F)C1=CC. The van der Waals surface area contributed by atoms with Gasteiger partial charge in [-0.1, -0.05) is 12.7 Å². The van der Waals surface area contributed by atoms with Gasteiger partial charge in [0.25, 0.3) is 0 Å². The van der Waals surface area contributed by atoms with E-state index in [0.29, 0.717) is 0 Å². The van der Waals surface area contributed by atoms with Crippen LogP contribution >= 0.6 is 0 Å². The third-order valence-electron chi connectivity index (χ3n) is 2.09. The Hall–Kier alpha value is -0.850. The molecule has 0 spiro atoms. The van der Waals surface area contributed by atoms with E-state index in [2.05, 4.69) is 6.58 Å². The number of allylic oxidation sites excluding steroid dienone is 5. The molecule has 0 aliphatic heterocycles. The van der Waals surface area contributed by atoms with Gasteiger partial charge in [-0.2, -0.15) is 0 Å². The van der Waals surface area contributed by atoms with Crippen LogP contribution in [0.25, 0.3) is 0 Å². The molecule has 0 N–H and O–H groups in total. The van der Waals surface area contributed by atoms with E-state index in [1.54, 1.807) is 0 Å². The van der Waals surface area contributed by atoms with E-state index >= 15 is 0 Å². The van der Waals surface area contributed by atoms with Crippen LogP contribution in [-0.2, 0) is 0 Å². The molecule has 0 atom stereocenters. The van der Waals surface area contributed by atoms with Gasteiger partial charge in [0.1, 0.15) is 5.83 Å². The Morgan fingerprint density at radius 3 is 2.55 bits per heavy atom. The smallest absolute Gasteiger partial charge is 0.101 e.